The van der Waals surface area contributed by atoms with Gasteiger partial charge in [-0.3, -0.25) is 0 Å². The molecule has 5 heteroatoms. The van der Waals surface area contributed by atoms with E-state index in [-0.39, 0.29) is 4.90 Å². The minimum atomic E-state index is -3.16. The summed E-state index contributed by atoms with van der Waals surface area (Å²) in [6, 6.07) is 6.95. The molecule has 94 valence electrons. The van der Waals surface area contributed by atoms with E-state index in [1.54, 1.807) is 12.1 Å². The molecular formula is C12H17NO3S. The smallest absolute Gasteiger partial charge is 0.175 e. The van der Waals surface area contributed by atoms with Crippen LogP contribution >= 0.6 is 0 Å². The second-order valence-electron chi connectivity index (χ2n) is 4.54. The topological polar surface area (TPSA) is 66.4 Å². The number of nitrogens with one attached hydrogen (secondary N) is 1. The molecule has 1 aliphatic rings. The normalized spacial score (nSPS) is 18.0. The number of hydrogen-bond donors (Lipinski definition) is 2. The van der Waals surface area contributed by atoms with E-state index in [1.165, 1.54) is 31.2 Å². The quantitative estimate of drug-likeness (QED) is 0.819. The predicted octanol–water partition coefficient (Wildman–Crippen LogP) is 0.876. The lowest BCUT2D eigenvalue weighted by atomic mass is 10.1. The zero-order chi connectivity index (χ0) is 12.5. The first-order chi connectivity index (χ1) is 7.97. The Morgan fingerprint density at radius 1 is 1.35 bits per heavy atom. The highest BCUT2D eigenvalue weighted by molar-refractivity contribution is 7.90. The highest BCUT2D eigenvalue weighted by Gasteiger charge is 2.21. The van der Waals surface area contributed by atoms with Gasteiger partial charge in [-0.15, -0.1) is 0 Å². The molecule has 17 heavy (non-hydrogen) atoms. The fourth-order valence-electron chi connectivity index (χ4n) is 1.62. The average Bonchev–Trinajstić information content (AvgIpc) is 3.09. The Morgan fingerprint density at radius 3 is 2.41 bits per heavy atom. The van der Waals surface area contributed by atoms with Gasteiger partial charge >= 0.3 is 0 Å². The Kier molecular flexibility index (Phi) is 3.51. The van der Waals surface area contributed by atoms with Gasteiger partial charge in [0.2, 0.25) is 0 Å². The van der Waals surface area contributed by atoms with E-state index in [0.717, 1.165) is 5.56 Å². The first-order valence-corrected chi connectivity index (χ1v) is 7.57. The summed E-state index contributed by atoms with van der Waals surface area (Å²) in [7, 11) is -3.16. The molecule has 0 heterocycles. The predicted molar refractivity (Wildman–Crippen MR) is 65.5 cm³/mol. The third-order valence-corrected chi connectivity index (χ3v) is 4.00. The molecule has 1 saturated carbocycles. The second kappa shape index (κ2) is 4.76. The first-order valence-electron chi connectivity index (χ1n) is 5.68. The molecule has 0 bridgehead atoms. The highest BCUT2D eigenvalue weighted by atomic mass is 32.2. The van der Waals surface area contributed by atoms with Crippen LogP contribution in [0.4, 0.5) is 0 Å². The molecule has 1 unspecified atom stereocenters. The van der Waals surface area contributed by atoms with E-state index in [0.29, 0.717) is 12.6 Å². The average molecular weight is 255 g/mol. The van der Waals surface area contributed by atoms with Crippen LogP contribution in [0.1, 0.15) is 24.5 Å². The Labute approximate surface area is 102 Å². The summed E-state index contributed by atoms with van der Waals surface area (Å²) in [4.78, 5) is 0.281. The molecule has 4 nitrogen and oxygen atoms in total. The first kappa shape index (κ1) is 12.5. The van der Waals surface area contributed by atoms with E-state index in [4.69, 9.17) is 0 Å². The molecule has 0 amide bonds. The summed E-state index contributed by atoms with van der Waals surface area (Å²) < 4.78 is 22.5. The van der Waals surface area contributed by atoms with Crippen LogP contribution in [-0.4, -0.2) is 32.4 Å². The third-order valence-electron chi connectivity index (χ3n) is 2.87. The van der Waals surface area contributed by atoms with Gasteiger partial charge in [-0.25, -0.2) is 8.42 Å². The minimum absolute atomic E-state index is 0.281. The van der Waals surface area contributed by atoms with Crippen molar-refractivity contribution in [1.82, 2.24) is 5.32 Å². The molecular weight excluding hydrogens is 238 g/mol. The fraction of sp³-hybridized carbons (Fsp3) is 0.500. The van der Waals surface area contributed by atoms with Crippen LogP contribution in [0.3, 0.4) is 0 Å². The van der Waals surface area contributed by atoms with Crippen molar-refractivity contribution >= 4 is 9.84 Å². The molecule has 1 fully saturated rings. The van der Waals surface area contributed by atoms with Gasteiger partial charge in [0.25, 0.3) is 0 Å². The summed E-state index contributed by atoms with van der Waals surface area (Å²) in [5, 5.41) is 13.1. The van der Waals surface area contributed by atoms with Crippen LogP contribution < -0.4 is 5.32 Å². The summed E-state index contributed by atoms with van der Waals surface area (Å²) in [5.74, 6) is 0. The maximum Gasteiger partial charge on any atom is 0.175 e. The number of sulfone groups is 1. The van der Waals surface area contributed by atoms with Gasteiger partial charge in [0.05, 0.1) is 11.0 Å². The highest BCUT2D eigenvalue weighted by Crippen LogP contribution is 2.21. The van der Waals surface area contributed by atoms with Crippen molar-refractivity contribution in [3.05, 3.63) is 29.8 Å². The zero-order valence-corrected chi connectivity index (χ0v) is 10.6. The molecule has 0 aliphatic heterocycles. The Bertz CT molecular complexity index is 477. The van der Waals surface area contributed by atoms with Crippen LogP contribution in [-0.2, 0) is 9.84 Å². The maximum atomic E-state index is 11.3. The summed E-state index contributed by atoms with van der Waals surface area (Å²) in [6.45, 7) is 0.517. The van der Waals surface area contributed by atoms with Crippen LogP contribution in [0.2, 0.25) is 0 Å². The van der Waals surface area contributed by atoms with Gasteiger partial charge in [-0.05, 0) is 30.5 Å². The van der Waals surface area contributed by atoms with Crippen LogP contribution in [0.15, 0.2) is 29.2 Å². The number of aliphatic hydroxyl groups excluding tert-OH is 1. The van der Waals surface area contributed by atoms with Crippen molar-refractivity contribution < 1.29 is 13.5 Å². The standard InChI is InChI=1S/C12H17NO3S/c1-17(15,16)11-6-2-9(3-7-11)12(14)8-13-10-4-5-10/h2-3,6-7,10,12-14H,4-5,8H2,1H3. The Balaban J connectivity index is 2.00. The minimum Gasteiger partial charge on any atom is -0.387 e. The molecule has 2 rings (SSSR count). The molecule has 0 spiro atoms. The third kappa shape index (κ3) is 3.52. The zero-order valence-electron chi connectivity index (χ0n) is 9.76. The van der Waals surface area contributed by atoms with Crippen molar-refractivity contribution in [2.75, 3.05) is 12.8 Å². The number of aliphatic hydroxyl groups is 1. The lowest BCUT2D eigenvalue weighted by molar-refractivity contribution is 0.174. The molecule has 1 atom stereocenters. The van der Waals surface area contributed by atoms with Gasteiger partial charge in [0.1, 0.15) is 0 Å². The summed E-state index contributed by atoms with van der Waals surface area (Å²) in [5.41, 5.74) is 0.741. The lowest BCUT2D eigenvalue weighted by Gasteiger charge is -2.12. The number of benzene rings is 1. The summed E-state index contributed by atoms with van der Waals surface area (Å²) in [6.07, 6.45) is 2.95. The van der Waals surface area contributed by atoms with Crippen LogP contribution in [0.25, 0.3) is 0 Å². The van der Waals surface area contributed by atoms with E-state index in [2.05, 4.69) is 5.32 Å². The van der Waals surface area contributed by atoms with E-state index < -0.39 is 15.9 Å². The molecule has 0 aromatic heterocycles. The maximum absolute atomic E-state index is 11.3. The SMILES string of the molecule is CS(=O)(=O)c1ccc(C(O)CNC2CC2)cc1. The molecule has 1 aliphatic carbocycles. The lowest BCUT2D eigenvalue weighted by Crippen LogP contribution is -2.23. The molecule has 0 saturated heterocycles. The monoisotopic (exact) mass is 255 g/mol. The fourth-order valence-corrected chi connectivity index (χ4v) is 2.25. The molecule has 1 aromatic rings. The van der Waals surface area contributed by atoms with Gasteiger partial charge in [-0.1, -0.05) is 12.1 Å². The van der Waals surface area contributed by atoms with Gasteiger partial charge in [0.15, 0.2) is 9.84 Å². The molecule has 0 radical (unpaired) electrons. The number of hydrogen-bond acceptors (Lipinski definition) is 4. The molecule has 1 aromatic carbocycles. The summed E-state index contributed by atoms with van der Waals surface area (Å²) >= 11 is 0. The van der Waals surface area contributed by atoms with Crippen molar-refractivity contribution in [1.29, 1.82) is 0 Å². The molecule has 2 N–H and O–H groups in total. The Hall–Kier alpha value is -0.910. The van der Waals surface area contributed by atoms with Gasteiger partial charge in [0, 0.05) is 18.8 Å². The van der Waals surface area contributed by atoms with Crippen LogP contribution in [0.5, 0.6) is 0 Å². The van der Waals surface area contributed by atoms with Crippen LogP contribution in [0, 0.1) is 0 Å². The largest absolute Gasteiger partial charge is 0.387 e. The Morgan fingerprint density at radius 2 is 1.94 bits per heavy atom. The van der Waals surface area contributed by atoms with Crippen molar-refractivity contribution in [3.8, 4) is 0 Å². The number of rotatable bonds is 5. The van der Waals surface area contributed by atoms with E-state index in [9.17, 15) is 13.5 Å². The van der Waals surface area contributed by atoms with E-state index >= 15 is 0 Å². The van der Waals surface area contributed by atoms with Gasteiger partial charge in [-0.2, -0.15) is 0 Å². The van der Waals surface area contributed by atoms with Crippen molar-refractivity contribution in [3.63, 3.8) is 0 Å². The van der Waals surface area contributed by atoms with Crippen molar-refractivity contribution in [2.45, 2.75) is 29.9 Å². The van der Waals surface area contributed by atoms with E-state index in [1.807, 2.05) is 0 Å². The van der Waals surface area contributed by atoms with Crippen molar-refractivity contribution in [2.24, 2.45) is 0 Å². The second-order valence-corrected chi connectivity index (χ2v) is 6.56. The van der Waals surface area contributed by atoms with Gasteiger partial charge < -0.3 is 10.4 Å².